The third kappa shape index (κ3) is 3.30. The van der Waals surface area contributed by atoms with Crippen LogP contribution < -0.4 is 4.74 Å². The van der Waals surface area contributed by atoms with Crippen molar-refractivity contribution in [1.82, 2.24) is 9.55 Å². The highest BCUT2D eigenvalue weighted by atomic mass is 35.5. The van der Waals surface area contributed by atoms with Crippen LogP contribution in [0.3, 0.4) is 0 Å². The van der Waals surface area contributed by atoms with Gasteiger partial charge in [0.25, 0.3) is 0 Å². The fourth-order valence-corrected chi connectivity index (χ4v) is 3.39. The molecule has 1 aliphatic rings. The monoisotopic (exact) mass is 372 g/mol. The average Bonchev–Trinajstić information content (AvgIpc) is 3.25. The van der Waals surface area contributed by atoms with Gasteiger partial charge in [0.15, 0.2) is 6.29 Å². The second-order valence-electron chi connectivity index (χ2n) is 6.41. The van der Waals surface area contributed by atoms with Crippen molar-refractivity contribution in [2.75, 3.05) is 13.2 Å². The molecule has 3 aromatic rings. The molecule has 4 rings (SSSR count). The molecule has 1 aliphatic heterocycles. The predicted octanol–water partition coefficient (Wildman–Crippen LogP) is 4.26. The van der Waals surface area contributed by atoms with Crippen molar-refractivity contribution in [3.8, 4) is 5.75 Å². The lowest BCUT2D eigenvalue weighted by atomic mass is 10.2. The molecule has 1 saturated heterocycles. The van der Waals surface area contributed by atoms with Gasteiger partial charge in [0, 0.05) is 23.0 Å². The van der Waals surface area contributed by atoms with Gasteiger partial charge < -0.3 is 18.8 Å². The van der Waals surface area contributed by atoms with Crippen LogP contribution in [0.5, 0.6) is 5.75 Å². The van der Waals surface area contributed by atoms with Crippen molar-refractivity contribution < 1.29 is 14.2 Å². The summed E-state index contributed by atoms with van der Waals surface area (Å²) in [5, 5.41) is 0.719. The van der Waals surface area contributed by atoms with E-state index in [0.717, 1.165) is 38.6 Å². The standard InChI is InChI=1S/C20H21ClN2O3/c1-13-14(2)23(11-18-24-9-10-25-18)20-17(7-8-22-19(13)20)26-12-15-3-5-16(21)6-4-15/h3-8,18H,9-12H2,1-2H3. The maximum absolute atomic E-state index is 6.13. The summed E-state index contributed by atoms with van der Waals surface area (Å²) >= 11 is 5.95. The quantitative estimate of drug-likeness (QED) is 0.671. The molecule has 0 bridgehead atoms. The first-order chi connectivity index (χ1) is 12.6. The molecule has 5 nitrogen and oxygen atoms in total. The van der Waals surface area contributed by atoms with Crippen molar-refractivity contribution >= 4 is 22.6 Å². The second-order valence-corrected chi connectivity index (χ2v) is 6.85. The number of aryl methyl sites for hydroxylation is 1. The van der Waals surface area contributed by atoms with E-state index in [1.165, 1.54) is 0 Å². The zero-order valence-corrected chi connectivity index (χ0v) is 15.6. The SMILES string of the molecule is Cc1c(C)n(CC2OCCO2)c2c(OCc3ccc(Cl)cc3)ccnc12. The lowest BCUT2D eigenvalue weighted by Gasteiger charge is -2.15. The second kappa shape index (κ2) is 7.27. The minimum atomic E-state index is -0.229. The average molecular weight is 373 g/mol. The molecule has 3 heterocycles. The Morgan fingerprint density at radius 1 is 1.15 bits per heavy atom. The smallest absolute Gasteiger partial charge is 0.175 e. The number of fused-ring (bicyclic) bond motifs is 1. The van der Waals surface area contributed by atoms with Crippen LogP contribution in [0.4, 0.5) is 0 Å². The zero-order chi connectivity index (χ0) is 18.1. The molecule has 0 spiro atoms. The third-order valence-electron chi connectivity index (χ3n) is 4.79. The number of aromatic nitrogens is 2. The lowest BCUT2D eigenvalue weighted by molar-refractivity contribution is -0.0520. The summed E-state index contributed by atoms with van der Waals surface area (Å²) in [6.07, 6.45) is 1.56. The number of rotatable bonds is 5. The maximum Gasteiger partial charge on any atom is 0.175 e. The van der Waals surface area contributed by atoms with Gasteiger partial charge in [-0.25, -0.2) is 0 Å². The summed E-state index contributed by atoms with van der Waals surface area (Å²) < 4.78 is 19.6. The predicted molar refractivity (Wildman–Crippen MR) is 101 cm³/mol. The largest absolute Gasteiger partial charge is 0.487 e. The summed E-state index contributed by atoms with van der Waals surface area (Å²) in [6, 6.07) is 9.58. The van der Waals surface area contributed by atoms with Crippen molar-refractivity contribution in [1.29, 1.82) is 0 Å². The topological polar surface area (TPSA) is 45.5 Å². The number of pyridine rings is 1. The molecule has 1 aromatic carbocycles. The Kier molecular flexibility index (Phi) is 4.85. The minimum Gasteiger partial charge on any atom is -0.487 e. The number of halogens is 1. The van der Waals surface area contributed by atoms with E-state index >= 15 is 0 Å². The van der Waals surface area contributed by atoms with Crippen molar-refractivity contribution in [3.05, 3.63) is 58.4 Å². The molecule has 0 atom stereocenters. The van der Waals surface area contributed by atoms with Crippen molar-refractivity contribution in [2.24, 2.45) is 0 Å². The van der Waals surface area contributed by atoms with Crippen LogP contribution >= 0.6 is 11.6 Å². The Bertz CT molecular complexity index is 915. The first-order valence-corrected chi connectivity index (χ1v) is 9.06. The molecule has 0 radical (unpaired) electrons. The molecule has 2 aromatic heterocycles. The Hall–Kier alpha value is -2.08. The van der Waals surface area contributed by atoms with Gasteiger partial charge in [-0.15, -0.1) is 0 Å². The highest BCUT2D eigenvalue weighted by Crippen LogP contribution is 2.32. The molecule has 26 heavy (non-hydrogen) atoms. The summed E-state index contributed by atoms with van der Waals surface area (Å²) in [5.74, 6) is 0.805. The van der Waals surface area contributed by atoms with Gasteiger partial charge in [-0.3, -0.25) is 4.98 Å². The molecule has 1 fully saturated rings. The van der Waals surface area contributed by atoms with Crippen LogP contribution in [0.15, 0.2) is 36.5 Å². The Labute approximate surface area is 157 Å². The van der Waals surface area contributed by atoms with E-state index in [0.29, 0.717) is 26.4 Å². The first kappa shape index (κ1) is 17.3. The number of ether oxygens (including phenoxy) is 3. The summed E-state index contributed by atoms with van der Waals surface area (Å²) in [5.41, 5.74) is 5.29. The van der Waals surface area contributed by atoms with Crippen molar-refractivity contribution in [3.63, 3.8) is 0 Å². The van der Waals surface area contributed by atoms with E-state index in [1.54, 1.807) is 6.20 Å². The number of benzene rings is 1. The van der Waals surface area contributed by atoms with Crippen LogP contribution in [0, 0.1) is 13.8 Å². The molecule has 0 saturated carbocycles. The van der Waals surface area contributed by atoms with E-state index in [1.807, 2.05) is 30.3 Å². The number of hydrogen-bond donors (Lipinski definition) is 0. The van der Waals surface area contributed by atoms with E-state index in [4.69, 9.17) is 25.8 Å². The normalized spacial score (nSPS) is 15.0. The van der Waals surface area contributed by atoms with Crippen LogP contribution in [-0.4, -0.2) is 29.1 Å². The maximum atomic E-state index is 6.13. The van der Waals surface area contributed by atoms with E-state index in [2.05, 4.69) is 23.4 Å². The van der Waals surface area contributed by atoms with Gasteiger partial charge in [0.05, 0.1) is 25.3 Å². The number of nitrogens with zero attached hydrogens (tertiary/aromatic N) is 2. The van der Waals surface area contributed by atoms with Crippen LogP contribution in [0.25, 0.3) is 11.0 Å². The molecular formula is C20H21ClN2O3. The van der Waals surface area contributed by atoms with Gasteiger partial charge in [0.2, 0.25) is 0 Å². The van der Waals surface area contributed by atoms with E-state index < -0.39 is 0 Å². The molecule has 0 amide bonds. The molecule has 136 valence electrons. The highest BCUT2D eigenvalue weighted by molar-refractivity contribution is 6.30. The third-order valence-corrected chi connectivity index (χ3v) is 5.04. The van der Waals surface area contributed by atoms with Gasteiger partial charge in [-0.1, -0.05) is 23.7 Å². The number of hydrogen-bond acceptors (Lipinski definition) is 4. The summed E-state index contributed by atoms with van der Waals surface area (Å²) in [6.45, 7) is 6.55. The molecule has 6 heteroatoms. The van der Waals surface area contributed by atoms with Crippen molar-refractivity contribution in [2.45, 2.75) is 33.3 Å². The molecular weight excluding hydrogens is 352 g/mol. The van der Waals surface area contributed by atoms with E-state index in [9.17, 15) is 0 Å². The first-order valence-electron chi connectivity index (χ1n) is 8.68. The van der Waals surface area contributed by atoms with Gasteiger partial charge in [0.1, 0.15) is 17.9 Å². The fourth-order valence-electron chi connectivity index (χ4n) is 3.26. The molecule has 0 aliphatic carbocycles. The Morgan fingerprint density at radius 2 is 1.88 bits per heavy atom. The Balaban J connectivity index is 1.67. The van der Waals surface area contributed by atoms with Gasteiger partial charge in [-0.05, 0) is 37.1 Å². The molecule has 0 unspecified atom stereocenters. The fraction of sp³-hybridized carbons (Fsp3) is 0.350. The Morgan fingerprint density at radius 3 is 2.62 bits per heavy atom. The van der Waals surface area contributed by atoms with Gasteiger partial charge >= 0.3 is 0 Å². The zero-order valence-electron chi connectivity index (χ0n) is 14.9. The summed E-state index contributed by atoms with van der Waals surface area (Å²) in [4.78, 5) is 4.56. The lowest BCUT2D eigenvalue weighted by Crippen LogP contribution is -2.18. The van der Waals surface area contributed by atoms with Gasteiger partial charge in [-0.2, -0.15) is 0 Å². The van der Waals surface area contributed by atoms with Crippen LogP contribution in [-0.2, 0) is 22.6 Å². The van der Waals surface area contributed by atoms with Crippen LogP contribution in [0.2, 0.25) is 5.02 Å². The van der Waals surface area contributed by atoms with Crippen LogP contribution in [0.1, 0.15) is 16.8 Å². The molecule has 0 N–H and O–H groups in total. The van der Waals surface area contributed by atoms with E-state index in [-0.39, 0.29) is 6.29 Å². The summed E-state index contributed by atoms with van der Waals surface area (Å²) in [7, 11) is 0. The minimum absolute atomic E-state index is 0.229. The highest BCUT2D eigenvalue weighted by Gasteiger charge is 2.22.